The van der Waals surface area contributed by atoms with Gasteiger partial charge in [-0.3, -0.25) is 10.1 Å². The van der Waals surface area contributed by atoms with Gasteiger partial charge in [-0.1, -0.05) is 0 Å². The van der Waals surface area contributed by atoms with Crippen LogP contribution < -0.4 is 5.32 Å². The standard InChI is InChI=1S/C15H15N5O2/c1-9-6-12(20(21)22)8-16-15(9)18-11-4-5-14-13(7-11)17-10(2)19(14)3/h4-8H,1-3H3,(H,16,18). The van der Waals surface area contributed by atoms with E-state index < -0.39 is 4.92 Å². The van der Waals surface area contributed by atoms with E-state index in [1.807, 2.05) is 36.7 Å². The summed E-state index contributed by atoms with van der Waals surface area (Å²) in [4.78, 5) is 18.9. The highest BCUT2D eigenvalue weighted by Gasteiger charge is 2.10. The van der Waals surface area contributed by atoms with Crippen LogP contribution in [0, 0.1) is 24.0 Å². The van der Waals surface area contributed by atoms with Crippen molar-refractivity contribution in [1.82, 2.24) is 14.5 Å². The number of nitrogens with one attached hydrogen (secondary N) is 1. The highest BCUT2D eigenvalue weighted by molar-refractivity contribution is 5.81. The number of nitro groups is 1. The molecule has 0 aliphatic carbocycles. The highest BCUT2D eigenvalue weighted by atomic mass is 16.6. The summed E-state index contributed by atoms with van der Waals surface area (Å²) in [5.41, 5.74) is 3.49. The average Bonchev–Trinajstić information content (AvgIpc) is 2.75. The van der Waals surface area contributed by atoms with E-state index in [9.17, 15) is 10.1 Å². The van der Waals surface area contributed by atoms with Crippen LogP contribution in [0.5, 0.6) is 0 Å². The lowest BCUT2D eigenvalue weighted by Gasteiger charge is -2.08. The molecule has 0 saturated heterocycles. The fraction of sp³-hybridized carbons (Fsp3) is 0.200. The van der Waals surface area contributed by atoms with Crippen LogP contribution in [0.15, 0.2) is 30.5 Å². The Balaban J connectivity index is 1.94. The van der Waals surface area contributed by atoms with Gasteiger partial charge < -0.3 is 9.88 Å². The quantitative estimate of drug-likeness (QED) is 0.592. The molecule has 7 nitrogen and oxygen atoms in total. The Morgan fingerprint density at radius 1 is 1.27 bits per heavy atom. The summed E-state index contributed by atoms with van der Waals surface area (Å²) < 4.78 is 2.02. The van der Waals surface area contributed by atoms with Gasteiger partial charge >= 0.3 is 0 Å². The molecule has 3 rings (SSSR count). The number of anilines is 2. The van der Waals surface area contributed by atoms with Gasteiger partial charge in [0, 0.05) is 18.8 Å². The molecule has 1 N–H and O–H groups in total. The van der Waals surface area contributed by atoms with Crippen molar-refractivity contribution in [2.45, 2.75) is 13.8 Å². The third kappa shape index (κ3) is 2.37. The molecule has 22 heavy (non-hydrogen) atoms. The first-order valence-electron chi connectivity index (χ1n) is 6.77. The largest absolute Gasteiger partial charge is 0.340 e. The van der Waals surface area contributed by atoms with E-state index in [1.165, 1.54) is 12.3 Å². The second kappa shape index (κ2) is 5.10. The maximum Gasteiger partial charge on any atom is 0.287 e. The summed E-state index contributed by atoms with van der Waals surface area (Å²) in [6.45, 7) is 3.74. The van der Waals surface area contributed by atoms with E-state index in [0.717, 1.165) is 22.5 Å². The van der Waals surface area contributed by atoms with Crippen LogP contribution >= 0.6 is 0 Å². The molecule has 0 saturated carbocycles. The number of hydrogen-bond acceptors (Lipinski definition) is 5. The Bertz CT molecular complexity index is 885. The molecule has 1 aromatic carbocycles. The Labute approximate surface area is 126 Å². The third-order valence-corrected chi connectivity index (χ3v) is 3.64. The number of hydrogen-bond donors (Lipinski definition) is 1. The van der Waals surface area contributed by atoms with Crippen molar-refractivity contribution < 1.29 is 4.92 Å². The first kappa shape index (κ1) is 14.0. The van der Waals surface area contributed by atoms with E-state index in [0.29, 0.717) is 11.4 Å². The monoisotopic (exact) mass is 297 g/mol. The van der Waals surface area contributed by atoms with Crippen LogP contribution in [0.25, 0.3) is 11.0 Å². The molecular formula is C15H15N5O2. The van der Waals surface area contributed by atoms with Crippen LogP contribution in [0.2, 0.25) is 0 Å². The zero-order valence-electron chi connectivity index (χ0n) is 12.5. The van der Waals surface area contributed by atoms with Gasteiger partial charge in [-0.15, -0.1) is 0 Å². The predicted octanol–water partition coefficient (Wildman–Crippen LogP) is 3.24. The zero-order valence-corrected chi connectivity index (χ0v) is 12.5. The minimum Gasteiger partial charge on any atom is -0.340 e. The normalized spacial score (nSPS) is 10.9. The molecule has 2 aromatic heterocycles. The molecule has 0 aliphatic rings. The second-order valence-corrected chi connectivity index (χ2v) is 5.16. The maximum absolute atomic E-state index is 10.7. The molecule has 2 heterocycles. The summed E-state index contributed by atoms with van der Waals surface area (Å²) in [6.07, 6.45) is 1.25. The first-order chi connectivity index (χ1) is 10.5. The predicted molar refractivity (Wildman–Crippen MR) is 84.4 cm³/mol. The third-order valence-electron chi connectivity index (χ3n) is 3.64. The number of benzene rings is 1. The van der Waals surface area contributed by atoms with Gasteiger partial charge in [-0.2, -0.15) is 0 Å². The molecule has 0 aliphatic heterocycles. The number of aromatic nitrogens is 3. The number of fused-ring (bicyclic) bond motifs is 1. The van der Waals surface area contributed by atoms with Gasteiger partial charge in [-0.25, -0.2) is 9.97 Å². The lowest BCUT2D eigenvalue weighted by Crippen LogP contribution is -1.98. The van der Waals surface area contributed by atoms with Crippen LogP contribution in [0.3, 0.4) is 0 Å². The van der Waals surface area contributed by atoms with Crippen molar-refractivity contribution in [3.63, 3.8) is 0 Å². The van der Waals surface area contributed by atoms with Crippen LogP contribution in [-0.2, 0) is 7.05 Å². The summed E-state index contributed by atoms with van der Waals surface area (Å²) in [5.74, 6) is 1.54. The summed E-state index contributed by atoms with van der Waals surface area (Å²) >= 11 is 0. The molecule has 0 radical (unpaired) electrons. The van der Waals surface area contributed by atoms with Crippen molar-refractivity contribution in [2.24, 2.45) is 7.05 Å². The fourth-order valence-electron chi connectivity index (χ4n) is 2.33. The van der Waals surface area contributed by atoms with E-state index >= 15 is 0 Å². The molecular weight excluding hydrogens is 282 g/mol. The molecule has 0 amide bonds. The summed E-state index contributed by atoms with van der Waals surface area (Å²) in [6, 6.07) is 7.36. The average molecular weight is 297 g/mol. The van der Waals surface area contributed by atoms with Gasteiger partial charge in [0.15, 0.2) is 0 Å². The van der Waals surface area contributed by atoms with Gasteiger partial charge in [0.25, 0.3) is 5.69 Å². The molecule has 0 fully saturated rings. The second-order valence-electron chi connectivity index (χ2n) is 5.16. The number of rotatable bonds is 3. The molecule has 0 atom stereocenters. The SMILES string of the molecule is Cc1cc([N+](=O)[O-])cnc1Nc1ccc2c(c1)nc(C)n2C. The number of imidazole rings is 1. The van der Waals surface area contributed by atoms with Crippen molar-refractivity contribution in [3.8, 4) is 0 Å². The highest BCUT2D eigenvalue weighted by Crippen LogP contribution is 2.24. The van der Waals surface area contributed by atoms with Crippen molar-refractivity contribution in [3.05, 3.63) is 52.0 Å². The fourth-order valence-corrected chi connectivity index (χ4v) is 2.33. The van der Waals surface area contributed by atoms with Crippen LogP contribution in [0.4, 0.5) is 17.2 Å². The minimum atomic E-state index is -0.452. The van der Waals surface area contributed by atoms with Gasteiger partial charge in [0.1, 0.15) is 17.8 Å². The maximum atomic E-state index is 10.7. The van der Waals surface area contributed by atoms with Crippen LogP contribution in [-0.4, -0.2) is 19.5 Å². The minimum absolute atomic E-state index is 0.0150. The van der Waals surface area contributed by atoms with E-state index in [1.54, 1.807) is 6.92 Å². The van der Waals surface area contributed by atoms with Crippen molar-refractivity contribution in [1.29, 1.82) is 0 Å². The zero-order chi connectivity index (χ0) is 15.9. The van der Waals surface area contributed by atoms with Crippen molar-refractivity contribution >= 4 is 28.2 Å². The lowest BCUT2D eigenvalue weighted by molar-refractivity contribution is -0.385. The molecule has 0 spiro atoms. The number of nitrogens with zero attached hydrogens (tertiary/aromatic N) is 4. The van der Waals surface area contributed by atoms with E-state index in [-0.39, 0.29) is 5.69 Å². The van der Waals surface area contributed by atoms with Gasteiger partial charge in [0.05, 0.1) is 16.0 Å². The Morgan fingerprint density at radius 2 is 2.05 bits per heavy atom. The van der Waals surface area contributed by atoms with Gasteiger partial charge in [0.2, 0.25) is 0 Å². The Morgan fingerprint density at radius 3 is 2.73 bits per heavy atom. The summed E-state index contributed by atoms with van der Waals surface area (Å²) in [5, 5.41) is 13.9. The smallest absolute Gasteiger partial charge is 0.287 e. The molecule has 0 unspecified atom stereocenters. The van der Waals surface area contributed by atoms with Crippen LogP contribution in [0.1, 0.15) is 11.4 Å². The van der Waals surface area contributed by atoms with Gasteiger partial charge in [-0.05, 0) is 37.6 Å². The number of aryl methyl sites for hydroxylation is 3. The Hall–Kier alpha value is -2.96. The van der Waals surface area contributed by atoms with Crippen molar-refractivity contribution in [2.75, 3.05) is 5.32 Å². The molecule has 3 aromatic rings. The summed E-state index contributed by atoms with van der Waals surface area (Å²) in [7, 11) is 1.97. The lowest BCUT2D eigenvalue weighted by atomic mass is 10.2. The molecule has 112 valence electrons. The first-order valence-corrected chi connectivity index (χ1v) is 6.77. The van der Waals surface area contributed by atoms with E-state index in [2.05, 4.69) is 15.3 Å². The Kier molecular flexibility index (Phi) is 3.25. The van der Waals surface area contributed by atoms with E-state index in [4.69, 9.17) is 0 Å². The number of pyridine rings is 1. The molecule has 0 bridgehead atoms. The topological polar surface area (TPSA) is 85.9 Å². The molecule has 7 heteroatoms.